The zero-order valence-electron chi connectivity index (χ0n) is 10.8. The second-order valence-electron chi connectivity index (χ2n) is 5.45. The highest BCUT2D eigenvalue weighted by Gasteiger charge is 2.42. The maximum atomic E-state index is 12.2. The van der Waals surface area contributed by atoms with Crippen LogP contribution in [0.4, 0.5) is 0 Å². The van der Waals surface area contributed by atoms with Crippen molar-refractivity contribution in [2.45, 2.75) is 45.1 Å². The number of carboxylic acid groups (broad SMARTS) is 1. The van der Waals surface area contributed by atoms with Crippen LogP contribution in [-0.2, 0) is 9.59 Å². The number of hydrogen-bond donors (Lipinski definition) is 2. The molecule has 3 atom stereocenters. The van der Waals surface area contributed by atoms with Crippen molar-refractivity contribution in [3.63, 3.8) is 0 Å². The summed E-state index contributed by atoms with van der Waals surface area (Å²) in [6, 6.07) is 0.174. The molecular weight excluding hydrogens is 230 g/mol. The predicted octanol–water partition coefficient (Wildman–Crippen LogP) is 1.96. The molecule has 2 rings (SSSR count). The number of nitrogens with one attached hydrogen (secondary N) is 1. The van der Waals surface area contributed by atoms with E-state index in [1.165, 1.54) is 0 Å². The standard InChI is InChI=1S/C14H21NO3/c1-2-9-7-11(12(8-9)14(17)18)13(16)15-10-5-3-4-6-10/h3-4,9-12H,2,5-8H2,1H3,(H,15,16)(H,17,18). The second-order valence-corrected chi connectivity index (χ2v) is 5.45. The van der Waals surface area contributed by atoms with Crippen LogP contribution in [0.15, 0.2) is 12.2 Å². The minimum absolute atomic E-state index is 0.0629. The lowest BCUT2D eigenvalue weighted by Crippen LogP contribution is -2.40. The molecule has 0 spiro atoms. The maximum absolute atomic E-state index is 12.2. The van der Waals surface area contributed by atoms with Crippen molar-refractivity contribution in [3.8, 4) is 0 Å². The molecule has 0 radical (unpaired) electrons. The SMILES string of the molecule is CCC1CC(C(=O)O)C(C(=O)NC2CC=CC2)C1. The highest BCUT2D eigenvalue weighted by Crippen LogP contribution is 2.38. The van der Waals surface area contributed by atoms with Gasteiger partial charge in [-0.2, -0.15) is 0 Å². The summed E-state index contributed by atoms with van der Waals surface area (Å²) in [7, 11) is 0. The minimum atomic E-state index is -0.823. The van der Waals surface area contributed by atoms with E-state index in [0.717, 1.165) is 25.7 Å². The van der Waals surface area contributed by atoms with Crippen LogP contribution in [0.5, 0.6) is 0 Å². The van der Waals surface area contributed by atoms with E-state index in [0.29, 0.717) is 12.3 Å². The lowest BCUT2D eigenvalue weighted by molar-refractivity contribution is -0.146. The average molecular weight is 251 g/mol. The Bertz CT molecular complexity index is 356. The van der Waals surface area contributed by atoms with Crippen LogP contribution < -0.4 is 5.32 Å². The Morgan fingerprint density at radius 3 is 2.39 bits per heavy atom. The van der Waals surface area contributed by atoms with Gasteiger partial charge in [-0.15, -0.1) is 0 Å². The number of carbonyl (C=O) groups is 2. The molecule has 1 amide bonds. The van der Waals surface area contributed by atoms with Crippen LogP contribution in [0.1, 0.15) is 39.0 Å². The van der Waals surface area contributed by atoms with E-state index in [2.05, 4.69) is 24.4 Å². The summed E-state index contributed by atoms with van der Waals surface area (Å²) in [4.78, 5) is 23.4. The van der Waals surface area contributed by atoms with Gasteiger partial charge in [-0.25, -0.2) is 0 Å². The Morgan fingerprint density at radius 2 is 1.83 bits per heavy atom. The molecule has 0 aromatic rings. The van der Waals surface area contributed by atoms with Crippen molar-refractivity contribution in [2.24, 2.45) is 17.8 Å². The third-order valence-corrected chi connectivity index (χ3v) is 4.25. The van der Waals surface area contributed by atoms with Crippen LogP contribution in [0.25, 0.3) is 0 Å². The van der Waals surface area contributed by atoms with E-state index in [9.17, 15) is 14.7 Å². The van der Waals surface area contributed by atoms with Gasteiger partial charge in [0.2, 0.25) is 5.91 Å². The van der Waals surface area contributed by atoms with Crippen molar-refractivity contribution in [3.05, 3.63) is 12.2 Å². The van der Waals surface area contributed by atoms with Gasteiger partial charge in [0, 0.05) is 6.04 Å². The fraction of sp³-hybridized carbons (Fsp3) is 0.714. The molecule has 0 aliphatic heterocycles. The first-order valence-electron chi connectivity index (χ1n) is 6.80. The van der Waals surface area contributed by atoms with E-state index in [1.54, 1.807) is 0 Å². The Labute approximate surface area is 107 Å². The molecule has 18 heavy (non-hydrogen) atoms. The molecule has 2 N–H and O–H groups in total. The number of rotatable bonds is 4. The van der Waals surface area contributed by atoms with Crippen LogP contribution in [0.2, 0.25) is 0 Å². The Kier molecular flexibility index (Phi) is 4.04. The molecule has 3 unspecified atom stereocenters. The number of amides is 1. The fourth-order valence-corrected chi connectivity index (χ4v) is 3.08. The van der Waals surface area contributed by atoms with Crippen molar-refractivity contribution in [1.29, 1.82) is 0 Å². The van der Waals surface area contributed by atoms with E-state index in [1.807, 2.05) is 0 Å². The molecule has 4 heteroatoms. The van der Waals surface area contributed by atoms with Crippen molar-refractivity contribution >= 4 is 11.9 Å². The van der Waals surface area contributed by atoms with Gasteiger partial charge in [0.05, 0.1) is 11.8 Å². The molecular formula is C14H21NO3. The number of aliphatic carboxylic acids is 1. The van der Waals surface area contributed by atoms with Gasteiger partial charge in [0.25, 0.3) is 0 Å². The Morgan fingerprint density at radius 1 is 1.22 bits per heavy atom. The van der Waals surface area contributed by atoms with Gasteiger partial charge in [-0.05, 0) is 31.6 Å². The van der Waals surface area contributed by atoms with Crippen molar-refractivity contribution in [1.82, 2.24) is 5.32 Å². The molecule has 0 bridgehead atoms. The molecule has 2 aliphatic carbocycles. The second kappa shape index (κ2) is 5.55. The lowest BCUT2D eigenvalue weighted by atomic mass is 9.95. The normalized spacial score (nSPS) is 31.7. The predicted molar refractivity (Wildman–Crippen MR) is 67.9 cm³/mol. The molecule has 0 aromatic carbocycles. The van der Waals surface area contributed by atoms with Crippen LogP contribution in [0.3, 0.4) is 0 Å². The average Bonchev–Trinajstić information content (AvgIpc) is 2.96. The Hall–Kier alpha value is -1.32. The molecule has 1 saturated carbocycles. The first-order chi connectivity index (χ1) is 8.61. The fourth-order valence-electron chi connectivity index (χ4n) is 3.08. The summed E-state index contributed by atoms with van der Waals surface area (Å²) in [5.74, 6) is -1.34. The van der Waals surface area contributed by atoms with E-state index in [4.69, 9.17) is 0 Å². The van der Waals surface area contributed by atoms with Crippen LogP contribution in [0, 0.1) is 17.8 Å². The number of carboxylic acids is 1. The molecule has 0 aromatic heterocycles. The van der Waals surface area contributed by atoms with E-state index >= 15 is 0 Å². The van der Waals surface area contributed by atoms with E-state index in [-0.39, 0.29) is 17.9 Å². The van der Waals surface area contributed by atoms with Gasteiger partial charge < -0.3 is 10.4 Å². The van der Waals surface area contributed by atoms with Crippen LogP contribution >= 0.6 is 0 Å². The third-order valence-electron chi connectivity index (χ3n) is 4.25. The smallest absolute Gasteiger partial charge is 0.307 e. The monoisotopic (exact) mass is 251 g/mol. The summed E-state index contributed by atoms with van der Waals surface area (Å²) < 4.78 is 0. The van der Waals surface area contributed by atoms with Gasteiger partial charge in [-0.1, -0.05) is 25.5 Å². The van der Waals surface area contributed by atoms with Crippen molar-refractivity contribution in [2.75, 3.05) is 0 Å². The maximum Gasteiger partial charge on any atom is 0.307 e. The molecule has 1 fully saturated rings. The Balaban J connectivity index is 1.96. The minimum Gasteiger partial charge on any atom is -0.481 e. The lowest BCUT2D eigenvalue weighted by Gasteiger charge is -2.19. The summed E-state index contributed by atoms with van der Waals surface area (Å²) in [5.41, 5.74) is 0. The third kappa shape index (κ3) is 2.74. The quantitative estimate of drug-likeness (QED) is 0.751. The largest absolute Gasteiger partial charge is 0.481 e. The number of hydrogen-bond acceptors (Lipinski definition) is 2. The van der Waals surface area contributed by atoms with E-state index < -0.39 is 11.9 Å². The summed E-state index contributed by atoms with van der Waals surface area (Å²) in [5, 5.41) is 12.2. The molecule has 4 nitrogen and oxygen atoms in total. The van der Waals surface area contributed by atoms with Gasteiger partial charge in [0.1, 0.15) is 0 Å². The molecule has 0 saturated heterocycles. The summed E-state index contributed by atoms with van der Waals surface area (Å²) >= 11 is 0. The summed E-state index contributed by atoms with van der Waals surface area (Å²) in [6.45, 7) is 2.06. The zero-order chi connectivity index (χ0) is 13.1. The highest BCUT2D eigenvalue weighted by atomic mass is 16.4. The van der Waals surface area contributed by atoms with Gasteiger partial charge in [0.15, 0.2) is 0 Å². The molecule has 0 heterocycles. The molecule has 100 valence electrons. The van der Waals surface area contributed by atoms with Gasteiger partial charge in [-0.3, -0.25) is 9.59 Å². The first kappa shape index (κ1) is 13.1. The molecule has 2 aliphatic rings. The number of carbonyl (C=O) groups excluding carboxylic acids is 1. The summed E-state index contributed by atoms with van der Waals surface area (Å²) in [6.07, 6.45) is 8.18. The zero-order valence-corrected chi connectivity index (χ0v) is 10.8. The topological polar surface area (TPSA) is 66.4 Å². The van der Waals surface area contributed by atoms with Crippen molar-refractivity contribution < 1.29 is 14.7 Å². The van der Waals surface area contributed by atoms with Crippen LogP contribution in [-0.4, -0.2) is 23.0 Å². The van der Waals surface area contributed by atoms with Gasteiger partial charge >= 0.3 is 5.97 Å². The first-order valence-corrected chi connectivity index (χ1v) is 6.80. The highest BCUT2D eigenvalue weighted by molar-refractivity contribution is 5.85.